The summed E-state index contributed by atoms with van der Waals surface area (Å²) in [4.78, 5) is 9.64. The summed E-state index contributed by atoms with van der Waals surface area (Å²) in [6.45, 7) is 0. The molecule has 6 nitrogen and oxygen atoms in total. The van der Waals surface area contributed by atoms with Crippen LogP contribution in [0.5, 0.6) is 0 Å². The first-order chi connectivity index (χ1) is 7.39. The van der Waals surface area contributed by atoms with Crippen LogP contribution >= 0.6 is 0 Å². The predicted octanol–water partition coefficient (Wildman–Crippen LogP) is 1.88. The van der Waals surface area contributed by atoms with Gasteiger partial charge in [0.1, 0.15) is 5.52 Å². The van der Waals surface area contributed by atoms with Crippen molar-refractivity contribution in [1.82, 2.24) is 15.4 Å². The molecule has 1 aromatic carbocycles. The quantitative estimate of drug-likeness (QED) is 0.600. The minimum atomic E-state index is -4.65. The van der Waals surface area contributed by atoms with Gasteiger partial charge in [-0.25, -0.2) is 0 Å². The standard InChI is InChI=1S/C7H3F3N4O2/c8-7(9,10)3-1-4-6(12-13-11-4)5(2-3)14(15)16/h1-2H,(H,11,12,13). The van der Waals surface area contributed by atoms with Crippen LogP contribution in [0, 0.1) is 10.1 Å². The third kappa shape index (κ3) is 1.55. The molecule has 0 amide bonds. The summed E-state index contributed by atoms with van der Waals surface area (Å²) in [5, 5.41) is 19.3. The van der Waals surface area contributed by atoms with Gasteiger partial charge in [0, 0.05) is 6.07 Å². The Morgan fingerprint density at radius 3 is 2.62 bits per heavy atom. The minimum Gasteiger partial charge on any atom is -0.258 e. The molecule has 0 bridgehead atoms. The number of benzene rings is 1. The number of hydrogen-bond acceptors (Lipinski definition) is 4. The fourth-order valence-electron chi connectivity index (χ4n) is 1.24. The Morgan fingerprint density at radius 1 is 1.38 bits per heavy atom. The van der Waals surface area contributed by atoms with E-state index in [4.69, 9.17) is 0 Å². The summed E-state index contributed by atoms with van der Waals surface area (Å²) < 4.78 is 37.2. The molecule has 9 heteroatoms. The van der Waals surface area contributed by atoms with Crippen molar-refractivity contribution in [2.45, 2.75) is 6.18 Å². The first kappa shape index (κ1) is 10.3. The van der Waals surface area contributed by atoms with E-state index in [1.807, 2.05) is 0 Å². The van der Waals surface area contributed by atoms with E-state index in [0.29, 0.717) is 12.1 Å². The molecule has 0 aliphatic rings. The van der Waals surface area contributed by atoms with E-state index in [9.17, 15) is 23.3 Å². The second-order valence-corrected chi connectivity index (χ2v) is 2.96. The average molecular weight is 232 g/mol. The van der Waals surface area contributed by atoms with Gasteiger partial charge in [-0.3, -0.25) is 15.2 Å². The number of nitrogens with one attached hydrogen (secondary N) is 1. The largest absolute Gasteiger partial charge is 0.416 e. The van der Waals surface area contributed by atoms with Crippen LogP contribution in [-0.4, -0.2) is 20.3 Å². The molecule has 2 rings (SSSR count). The molecule has 2 aromatic rings. The normalized spacial score (nSPS) is 11.9. The lowest BCUT2D eigenvalue weighted by Gasteiger charge is -2.05. The summed E-state index contributed by atoms with van der Waals surface area (Å²) in [5.74, 6) is 0. The van der Waals surface area contributed by atoms with Crippen LogP contribution in [0.15, 0.2) is 12.1 Å². The molecule has 0 unspecified atom stereocenters. The molecule has 0 saturated heterocycles. The van der Waals surface area contributed by atoms with Crippen molar-refractivity contribution in [3.63, 3.8) is 0 Å². The Balaban J connectivity index is 2.76. The molecule has 0 spiro atoms. The van der Waals surface area contributed by atoms with Gasteiger partial charge in [0.25, 0.3) is 5.69 Å². The number of fused-ring (bicyclic) bond motifs is 1. The van der Waals surface area contributed by atoms with Crippen molar-refractivity contribution in [2.24, 2.45) is 0 Å². The maximum absolute atomic E-state index is 12.4. The van der Waals surface area contributed by atoms with Gasteiger partial charge in [-0.15, -0.1) is 5.10 Å². The fraction of sp³-hybridized carbons (Fsp3) is 0.143. The van der Waals surface area contributed by atoms with Crippen LogP contribution in [0.1, 0.15) is 5.56 Å². The highest BCUT2D eigenvalue weighted by molar-refractivity contribution is 5.84. The number of H-pyrrole nitrogens is 1. The summed E-state index contributed by atoms with van der Waals surface area (Å²) in [6, 6.07) is 1.15. The molecule has 16 heavy (non-hydrogen) atoms. The molecule has 1 heterocycles. The maximum Gasteiger partial charge on any atom is 0.416 e. The Labute approximate surface area is 85.2 Å². The van der Waals surface area contributed by atoms with Gasteiger partial charge < -0.3 is 0 Å². The van der Waals surface area contributed by atoms with Gasteiger partial charge in [0.15, 0.2) is 5.52 Å². The van der Waals surface area contributed by atoms with Gasteiger partial charge in [0.2, 0.25) is 0 Å². The van der Waals surface area contributed by atoms with E-state index >= 15 is 0 Å². The number of aromatic nitrogens is 3. The molecule has 0 fully saturated rings. The van der Waals surface area contributed by atoms with Crippen LogP contribution < -0.4 is 0 Å². The Morgan fingerprint density at radius 2 is 2.06 bits per heavy atom. The van der Waals surface area contributed by atoms with Crippen LogP contribution in [0.3, 0.4) is 0 Å². The number of non-ortho nitro benzene ring substituents is 1. The molecule has 0 radical (unpaired) electrons. The van der Waals surface area contributed by atoms with Crippen LogP contribution in [0.2, 0.25) is 0 Å². The summed E-state index contributed by atoms with van der Waals surface area (Å²) in [5.41, 5.74) is -2.14. The number of alkyl halides is 3. The number of hydrogen-bond donors (Lipinski definition) is 1. The van der Waals surface area contributed by atoms with E-state index in [2.05, 4.69) is 15.4 Å². The van der Waals surface area contributed by atoms with E-state index < -0.39 is 22.4 Å². The van der Waals surface area contributed by atoms with Crippen LogP contribution in [0.4, 0.5) is 18.9 Å². The maximum atomic E-state index is 12.4. The van der Waals surface area contributed by atoms with Gasteiger partial charge in [-0.1, -0.05) is 5.21 Å². The van der Waals surface area contributed by atoms with Crippen molar-refractivity contribution in [2.75, 3.05) is 0 Å². The van der Waals surface area contributed by atoms with E-state index in [1.165, 1.54) is 0 Å². The number of aromatic amines is 1. The number of nitro groups is 1. The van der Waals surface area contributed by atoms with E-state index in [-0.39, 0.29) is 11.0 Å². The second kappa shape index (κ2) is 3.15. The van der Waals surface area contributed by atoms with Gasteiger partial charge in [0.05, 0.1) is 10.5 Å². The molecular formula is C7H3F3N4O2. The van der Waals surface area contributed by atoms with Crippen molar-refractivity contribution >= 4 is 16.7 Å². The van der Waals surface area contributed by atoms with E-state index in [1.54, 1.807) is 0 Å². The topological polar surface area (TPSA) is 84.7 Å². The third-order valence-corrected chi connectivity index (χ3v) is 1.94. The lowest BCUT2D eigenvalue weighted by atomic mass is 10.1. The van der Waals surface area contributed by atoms with Crippen LogP contribution in [0.25, 0.3) is 11.0 Å². The average Bonchev–Trinajstić information content (AvgIpc) is 2.61. The Bertz CT molecular complexity index is 562. The van der Waals surface area contributed by atoms with E-state index in [0.717, 1.165) is 0 Å². The third-order valence-electron chi connectivity index (χ3n) is 1.94. The molecular weight excluding hydrogens is 229 g/mol. The highest BCUT2D eigenvalue weighted by Gasteiger charge is 2.33. The Kier molecular flexibility index (Phi) is 2.04. The molecule has 0 atom stereocenters. The second-order valence-electron chi connectivity index (χ2n) is 2.96. The summed E-state index contributed by atoms with van der Waals surface area (Å²) in [6.07, 6.45) is -4.65. The number of rotatable bonds is 1. The number of nitro benzene ring substituents is 1. The molecule has 1 aromatic heterocycles. The lowest BCUT2D eigenvalue weighted by Crippen LogP contribution is -2.05. The number of nitrogens with zero attached hydrogens (tertiary/aromatic N) is 3. The van der Waals surface area contributed by atoms with Crippen molar-refractivity contribution < 1.29 is 18.1 Å². The number of halogens is 3. The predicted molar refractivity (Wildman–Crippen MR) is 45.5 cm³/mol. The van der Waals surface area contributed by atoms with Crippen LogP contribution in [-0.2, 0) is 6.18 Å². The zero-order valence-corrected chi connectivity index (χ0v) is 7.45. The Hall–Kier alpha value is -2.19. The van der Waals surface area contributed by atoms with Crippen molar-refractivity contribution in [1.29, 1.82) is 0 Å². The minimum absolute atomic E-state index is 0.127. The summed E-state index contributed by atoms with van der Waals surface area (Å²) >= 11 is 0. The zero-order chi connectivity index (χ0) is 11.9. The SMILES string of the molecule is O=[N+]([O-])c1cc(C(F)(F)F)cc2nn[nH]c12. The molecule has 0 aliphatic heterocycles. The molecule has 84 valence electrons. The van der Waals surface area contributed by atoms with Crippen molar-refractivity contribution in [3.05, 3.63) is 27.8 Å². The molecule has 0 saturated carbocycles. The summed E-state index contributed by atoms with van der Waals surface area (Å²) in [7, 11) is 0. The van der Waals surface area contributed by atoms with Gasteiger partial charge in [-0.05, 0) is 6.07 Å². The zero-order valence-electron chi connectivity index (χ0n) is 7.45. The lowest BCUT2D eigenvalue weighted by molar-refractivity contribution is -0.383. The molecule has 0 aliphatic carbocycles. The molecule has 1 N–H and O–H groups in total. The van der Waals surface area contributed by atoms with Crippen molar-refractivity contribution in [3.8, 4) is 0 Å². The fourth-order valence-corrected chi connectivity index (χ4v) is 1.24. The van der Waals surface area contributed by atoms with Gasteiger partial charge >= 0.3 is 6.18 Å². The highest BCUT2D eigenvalue weighted by Crippen LogP contribution is 2.34. The van der Waals surface area contributed by atoms with Gasteiger partial charge in [-0.2, -0.15) is 13.2 Å². The first-order valence-electron chi connectivity index (χ1n) is 3.96. The first-order valence-corrected chi connectivity index (χ1v) is 3.96. The smallest absolute Gasteiger partial charge is 0.258 e. The highest BCUT2D eigenvalue weighted by atomic mass is 19.4. The monoisotopic (exact) mass is 232 g/mol.